The van der Waals surface area contributed by atoms with Gasteiger partial charge in [0.15, 0.2) is 18.3 Å². The number of aliphatic hydroxyl groups is 2. The van der Waals surface area contributed by atoms with Crippen LogP contribution in [-0.2, 0) is 23.9 Å². The molecule has 0 saturated heterocycles. The van der Waals surface area contributed by atoms with Gasteiger partial charge in [0, 0.05) is 30.6 Å². The highest BCUT2D eigenvalue weighted by atomic mass is 32.2. The largest absolute Gasteiger partial charge is 0.497 e. The number of methoxy groups -OCH3 is 1. The molecule has 8 N–H and O–H groups in total. The number of rotatable bonds is 10. The molecule has 0 fully saturated rings. The number of carboxylic acid groups (broad SMARTS) is 2. The number of nitrogens with zero attached hydrogens (tertiary/aromatic N) is 2. The minimum atomic E-state index is -2.27. The lowest BCUT2D eigenvalue weighted by molar-refractivity contribution is -0.165. The van der Waals surface area contributed by atoms with Crippen molar-refractivity contribution < 1.29 is 60.0 Å². The van der Waals surface area contributed by atoms with E-state index in [0.717, 1.165) is 27.5 Å². The molecule has 0 saturated carbocycles. The summed E-state index contributed by atoms with van der Waals surface area (Å²) in [6.45, 7) is 4.50. The molecular formula is C29H40N2O12S. The fourth-order valence-electron chi connectivity index (χ4n) is 3.89. The maximum Gasteiger partial charge on any atom is 0.335 e. The molecule has 2 unspecified atom stereocenters. The van der Waals surface area contributed by atoms with Crippen molar-refractivity contribution in [3.8, 4) is 5.75 Å². The van der Waals surface area contributed by atoms with Gasteiger partial charge in [-0.2, -0.15) is 0 Å². The van der Waals surface area contributed by atoms with Crippen LogP contribution in [0.25, 0.3) is 4.91 Å². The zero-order chi connectivity index (χ0) is 31.6. The quantitative estimate of drug-likeness (QED) is 0.259. The molecule has 2 aromatic carbocycles. The number of carboxylic acids is 2. The highest BCUT2D eigenvalue weighted by Crippen LogP contribution is 2.48. The van der Waals surface area contributed by atoms with Gasteiger partial charge in [-0.25, -0.2) is 9.59 Å². The third-order valence-corrected chi connectivity index (χ3v) is 7.65. The van der Waals surface area contributed by atoms with Gasteiger partial charge in [0.1, 0.15) is 5.75 Å². The standard InChI is InChI=1S/C25H30N2O4S.C4H6O6.2H2O/c1-17-23(19-9-7-6-8-10-19)32-24(20-11-13-21(30-5)14-12-20)22(31-18(2)28)25(29)27(17)16-15-26(3)4;5-1(3(7)8)2(6)4(9)10;;/h6-14,22,24H,15-16H2,1-5H3;1-2,5-6H,(H,7,8)(H,9,10);2*1H2/t22-,24+;;;/m0.../s1. The Balaban J connectivity index is 0.00000133. The summed E-state index contributed by atoms with van der Waals surface area (Å²) >= 11 is 1.56. The molecule has 14 nitrogen and oxygen atoms in total. The van der Waals surface area contributed by atoms with Crippen LogP contribution in [0.5, 0.6) is 5.75 Å². The van der Waals surface area contributed by atoms with Gasteiger partial charge in [-0.15, -0.1) is 11.8 Å². The molecule has 1 heterocycles. The molecule has 1 aliphatic heterocycles. The summed E-state index contributed by atoms with van der Waals surface area (Å²) < 4.78 is 10.9. The van der Waals surface area contributed by atoms with Gasteiger partial charge < -0.3 is 50.7 Å². The number of aliphatic hydroxyl groups excluding tert-OH is 2. The van der Waals surface area contributed by atoms with E-state index >= 15 is 0 Å². The second kappa shape index (κ2) is 18.6. The van der Waals surface area contributed by atoms with Gasteiger partial charge in [0.05, 0.1) is 12.4 Å². The first-order valence-corrected chi connectivity index (χ1v) is 13.7. The normalized spacial score (nSPS) is 17.5. The predicted octanol–water partition coefficient (Wildman–Crippen LogP) is 0.422. The number of thioether (sulfide) groups is 1. The number of hydrogen-bond donors (Lipinski definition) is 4. The predicted molar refractivity (Wildman–Crippen MR) is 163 cm³/mol. The lowest BCUT2D eigenvalue weighted by Gasteiger charge is -2.29. The molecule has 1 aliphatic rings. The number of carbonyl (C=O) groups excluding carboxylic acids is 2. The number of amides is 1. The molecule has 0 aromatic heterocycles. The molecule has 0 bridgehead atoms. The Labute approximate surface area is 259 Å². The van der Waals surface area contributed by atoms with Crippen molar-refractivity contribution in [2.24, 2.45) is 0 Å². The fourth-order valence-corrected chi connectivity index (χ4v) is 5.28. The molecular weight excluding hydrogens is 600 g/mol. The number of aliphatic carboxylic acids is 2. The van der Waals surface area contributed by atoms with E-state index in [0.29, 0.717) is 13.1 Å². The molecule has 0 radical (unpaired) electrons. The first-order chi connectivity index (χ1) is 19.8. The monoisotopic (exact) mass is 640 g/mol. The van der Waals surface area contributed by atoms with Crippen molar-refractivity contribution in [2.45, 2.75) is 37.4 Å². The van der Waals surface area contributed by atoms with Gasteiger partial charge >= 0.3 is 17.9 Å². The molecule has 3 rings (SSSR count). The Hall–Kier alpha value is -3.99. The van der Waals surface area contributed by atoms with E-state index in [2.05, 4.69) is 0 Å². The number of likely N-dealkylation sites (N-methyl/N-ethyl adjacent to an activating group) is 1. The van der Waals surface area contributed by atoms with Crippen LogP contribution in [-0.4, -0.2) is 118 Å². The number of benzene rings is 2. The summed E-state index contributed by atoms with van der Waals surface area (Å²) in [6.07, 6.45) is -5.47. The average Bonchev–Trinajstić information content (AvgIpc) is 3.05. The van der Waals surface area contributed by atoms with E-state index in [9.17, 15) is 19.2 Å². The Kier molecular flexibility index (Phi) is 16.9. The van der Waals surface area contributed by atoms with Gasteiger partial charge in [-0.05, 0) is 44.3 Å². The van der Waals surface area contributed by atoms with Crippen LogP contribution < -0.4 is 4.74 Å². The molecule has 44 heavy (non-hydrogen) atoms. The van der Waals surface area contributed by atoms with Crippen molar-refractivity contribution in [1.82, 2.24) is 9.80 Å². The molecule has 2 aromatic rings. The lowest BCUT2D eigenvalue weighted by Crippen LogP contribution is -2.43. The highest BCUT2D eigenvalue weighted by Gasteiger charge is 2.41. The molecule has 1 amide bonds. The third kappa shape index (κ3) is 10.9. The van der Waals surface area contributed by atoms with Crippen LogP contribution in [0.1, 0.15) is 30.2 Å². The van der Waals surface area contributed by atoms with Crippen LogP contribution >= 0.6 is 11.8 Å². The molecule has 4 atom stereocenters. The van der Waals surface area contributed by atoms with Gasteiger partial charge in [0.2, 0.25) is 0 Å². The second-order valence-corrected chi connectivity index (χ2v) is 10.6. The van der Waals surface area contributed by atoms with Crippen LogP contribution in [0, 0.1) is 0 Å². The van der Waals surface area contributed by atoms with Crippen molar-refractivity contribution in [3.63, 3.8) is 0 Å². The minimum absolute atomic E-state index is 0. The average molecular weight is 641 g/mol. The number of allylic oxidation sites excluding steroid dienone is 1. The molecule has 0 spiro atoms. The zero-order valence-electron chi connectivity index (χ0n) is 25.0. The van der Waals surface area contributed by atoms with Crippen molar-refractivity contribution in [3.05, 3.63) is 71.4 Å². The Bertz CT molecular complexity index is 1250. The van der Waals surface area contributed by atoms with Gasteiger partial charge in [-0.3, -0.25) is 9.59 Å². The van der Waals surface area contributed by atoms with E-state index in [-0.39, 0.29) is 16.9 Å². The van der Waals surface area contributed by atoms with E-state index in [1.54, 1.807) is 23.8 Å². The Morgan fingerprint density at radius 2 is 1.48 bits per heavy atom. The van der Waals surface area contributed by atoms with Gasteiger partial charge in [-0.1, -0.05) is 42.5 Å². The molecule has 0 aliphatic carbocycles. The van der Waals surface area contributed by atoms with Crippen LogP contribution in [0.15, 0.2) is 60.3 Å². The molecule has 244 valence electrons. The summed E-state index contributed by atoms with van der Waals surface area (Å²) in [5.74, 6) is -3.50. The lowest BCUT2D eigenvalue weighted by atomic mass is 10.1. The first-order valence-electron chi connectivity index (χ1n) is 12.8. The SMILES string of the molecule is COc1ccc([C@H]2SC(c3ccccc3)=C(C)N(CCN(C)C)C(=O)[C@H]2OC(C)=O)cc1.O.O.O=C(O)C(O)C(O)C(=O)O. The summed E-state index contributed by atoms with van der Waals surface area (Å²) in [5, 5.41) is 32.1. The smallest absolute Gasteiger partial charge is 0.335 e. The summed E-state index contributed by atoms with van der Waals surface area (Å²) in [7, 11) is 5.55. The van der Waals surface area contributed by atoms with Crippen LogP contribution in [0.4, 0.5) is 0 Å². The Morgan fingerprint density at radius 3 is 1.91 bits per heavy atom. The summed E-state index contributed by atoms with van der Waals surface area (Å²) in [5.41, 5.74) is 2.78. The van der Waals surface area contributed by atoms with E-state index in [1.807, 2.05) is 80.5 Å². The van der Waals surface area contributed by atoms with Crippen molar-refractivity contribution in [2.75, 3.05) is 34.3 Å². The van der Waals surface area contributed by atoms with E-state index in [1.165, 1.54) is 6.92 Å². The Morgan fingerprint density at radius 1 is 0.955 bits per heavy atom. The maximum atomic E-state index is 13.7. The first kappa shape index (κ1) is 40.0. The fraction of sp³-hybridized carbons (Fsp3) is 0.379. The van der Waals surface area contributed by atoms with E-state index < -0.39 is 41.5 Å². The molecule has 15 heteroatoms. The third-order valence-electron chi connectivity index (χ3n) is 6.11. The highest BCUT2D eigenvalue weighted by molar-refractivity contribution is 8.08. The van der Waals surface area contributed by atoms with Crippen molar-refractivity contribution >= 4 is 40.5 Å². The number of carbonyl (C=O) groups is 4. The second-order valence-electron chi connectivity index (χ2n) is 9.48. The van der Waals surface area contributed by atoms with Crippen molar-refractivity contribution in [1.29, 1.82) is 0 Å². The number of esters is 1. The zero-order valence-corrected chi connectivity index (χ0v) is 25.8. The topological polar surface area (TPSA) is 237 Å². The van der Waals surface area contributed by atoms with Crippen LogP contribution in [0.2, 0.25) is 0 Å². The van der Waals surface area contributed by atoms with E-state index in [4.69, 9.17) is 29.9 Å². The van der Waals surface area contributed by atoms with Gasteiger partial charge in [0.25, 0.3) is 5.91 Å². The number of ether oxygens (including phenoxy) is 2. The summed E-state index contributed by atoms with van der Waals surface area (Å²) in [4.78, 5) is 50.1. The maximum absolute atomic E-state index is 13.7. The minimum Gasteiger partial charge on any atom is -0.497 e. The number of hydrogen-bond acceptors (Lipinski definition) is 10. The summed E-state index contributed by atoms with van der Waals surface area (Å²) in [6, 6.07) is 17.6. The van der Waals surface area contributed by atoms with Crippen LogP contribution in [0.3, 0.4) is 0 Å².